The lowest BCUT2D eigenvalue weighted by Crippen LogP contribution is -2.24. The molecule has 114 valence electrons. The summed E-state index contributed by atoms with van der Waals surface area (Å²) in [4.78, 5) is 10.6. The van der Waals surface area contributed by atoms with Gasteiger partial charge in [0.05, 0.1) is 19.3 Å². The maximum atomic E-state index is 13.2. The molecule has 0 aliphatic carbocycles. The van der Waals surface area contributed by atoms with Crippen LogP contribution in [0.3, 0.4) is 0 Å². The molecule has 1 atom stereocenters. The number of ether oxygens (including phenoxy) is 2. The molecule has 0 saturated carbocycles. The Morgan fingerprint density at radius 1 is 1.48 bits per heavy atom. The van der Waals surface area contributed by atoms with Crippen molar-refractivity contribution < 1.29 is 23.8 Å². The number of benzene rings is 1. The Labute approximate surface area is 123 Å². The van der Waals surface area contributed by atoms with Gasteiger partial charge in [0, 0.05) is 12.7 Å². The summed E-state index contributed by atoms with van der Waals surface area (Å²) in [5, 5.41) is 8.65. The van der Waals surface area contributed by atoms with E-state index in [1.165, 1.54) is 18.2 Å². The maximum absolute atomic E-state index is 13.2. The topological polar surface area (TPSA) is 55.8 Å². The zero-order chi connectivity index (χ0) is 15.1. The van der Waals surface area contributed by atoms with Crippen molar-refractivity contribution in [2.75, 3.05) is 13.2 Å². The molecule has 0 aromatic heterocycles. The third-order valence-corrected chi connectivity index (χ3v) is 3.35. The highest BCUT2D eigenvalue weighted by Crippen LogP contribution is 2.17. The normalized spacial score (nSPS) is 19.0. The summed E-state index contributed by atoms with van der Waals surface area (Å²) in [6.07, 6.45) is 5.73. The van der Waals surface area contributed by atoms with Gasteiger partial charge in [0.1, 0.15) is 5.82 Å². The second-order valence-corrected chi connectivity index (χ2v) is 5.02. The Balaban J connectivity index is 1.93. The van der Waals surface area contributed by atoms with Crippen LogP contribution in [0.25, 0.3) is 6.08 Å². The summed E-state index contributed by atoms with van der Waals surface area (Å²) < 4.78 is 24.4. The first kappa shape index (κ1) is 15.7. The standard InChI is InChI=1S/C16H19FO4/c17-14-6-4-13(12(9-14)5-7-16(18)19)10-20-11-15-3-1-2-8-21-15/h4-7,9,15H,1-3,8,10-11H2,(H,18,19). The van der Waals surface area contributed by atoms with Gasteiger partial charge in [-0.2, -0.15) is 0 Å². The van der Waals surface area contributed by atoms with E-state index >= 15 is 0 Å². The molecule has 1 aromatic carbocycles. The molecule has 1 saturated heterocycles. The number of aliphatic carboxylic acids is 1. The van der Waals surface area contributed by atoms with Gasteiger partial charge in [-0.15, -0.1) is 0 Å². The highest BCUT2D eigenvalue weighted by atomic mass is 19.1. The number of carbonyl (C=O) groups is 1. The minimum Gasteiger partial charge on any atom is -0.478 e. The molecule has 0 radical (unpaired) electrons. The zero-order valence-electron chi connectivity index (χ0n) is 11.8. The number of carboxylic acids is 1. The molecular formula is C16H19FO4. The van der Waals surface area contributed by atoms with E-state index in [0.717, 1.165) is 37.5 Å². The predicted octanol–water partition coefficient (Wildman–Crippen LogP) is 3.01. The van der Waals surface area contributed by atoms with Gasteiger partial charge in [-0.25, -0.2) is 9.18 Å². The molecule has 1 aromatic rings. The van der Waals surface area contributed by atoms with Gasteiger partial charge >= 0.3 is 5.97 Å². The molecule has 0 spiro atoms. The van der Waals surface area contributed by atoms with Crippen molar-refractivity contribution in [3.05, 3.63) is 41.2 Å². The molecule has 1 aliphatic rings. The first-order chi connectivity index (χ1) is 10.1. The number of hydrogen-bond acceptors (Lipinski definition) is 3. The molecule has 2 rings (SSSR count). The molecule has 1 unspecified atom stereocenters. The van der Waals surface area contributed by atoms with Crippen LogP contribution in [0.5, 0.6) is 0 Å². The second kappa shape index (κ2) is 7.90. The molecule has 0 amide bonds. The van der Waals surface area contributed by atoms with Gasteiger partial charge in [0.2, 0.25) is 0 Å². The maximum Gasteiger partial charge on any atom is 0.328 e. The van der Waals surface area contributed by atoms with Crippen molar-refractivity contribution in [3.63, 3.8) is 0 Å². The van der Waals surface area contributed by atoms with Crippen LogP contribution in [0.4, 0.5) is 4.39 Å². The van der Waals surface area contributed by atoms with E-state index in [-0.39, 0.29) is 6.10 Å². The van der Waals surface area contributed by atoms with Crippen LogP contribution in [0.1, 0.15) is 30.4 Å². The molecular weight excluding hydrogens is 275 g/mol. The zero-order valence-corrected chi connectivity index (χ0v) is 11.8. The molecule has 5 heteroatoms. The van der Waals surface area contributed by atoms with Gasteiger partial charge in [-0.05, 0) is 48.6 Å². The van der Waals surface area contributed by atoms with Gasteiger partial charge in [0.25, 0.3) is 0 Å². The fourth-order valence-corrected chi connectivity index (χ4v) is 2.25. The monoisotopic (exact) mass is 294 g/mol. The van der Waals surface area contributed by atoms with Crippen LogP contribution in [-0.4, -0.2) is 30.4 Å². The Bertz CT molecular complexity index is 507. The van der Waals surface area contributed by atoms with Gasteiger partial charge in [-0.3, -0.25) is 0 Å². The van der Waals surface area contributed by atoms with Crippen LogP contribution in [0.2, 0.25) is 0 Å². The smallest absolute Gasteiger partial charge is 0.328 e. The Kier molecular flexibility index (Phi) is 5.90. The van der Waals surface area contributed by atoms with Crippen molar-refractivity contribution in [3.8, 4) is 0 Å². The van der Waals surface area contributed by atoms with Crippen LogP contribution in [0.15, 0.2) is 24.3 Å². The molecule has 1 fully saturated rings. The third kappa shape index (κ3) is 5.28. The highest BCUT2D eigenvalue weighted by molar-refractivity contribution is 5.85. The minimum absolute atomic E-state index is 0.122. The lowest BCUT2D eigenvalue weighted by Gasteiger charge is -2.22. The average Bonchev–Trinajstić information content (AvgIpc) is 2.48. The summed E-state index contributed by atoms with van der Waals surface area (Å²) in [7, 11) is 0. The van der Waals surface area contributed by atoms with Crippen molar-refractivity contribution in [1.29, 1.82) is 0 Å². The van der Waals surface area contributed by atoms with Gasteiger partial charge in [0.15, 0.2) is 0 Å². The van der Waals surface area contributed by atoms with Crippen molar-refractivity contribution in [1.82, 2.24) is 0 Å². The van der Waals surface area contributed by atoms with Gasteiger partial charge < -0.3 is 14.6 Å². The lowest BCUT2D eigenvalue weighted by molar-refractivity contribution is -0.131. The SMILES string of the molecule is O=C(O)C=Cc1cc(F)ccc1COCC1CCCCO1. The average molecular weight is 294 g/mol. The first-order valence-electron chi connectivity index (χ1n) is 7.04. The second-order valence-electron chi connectivity index (χ2n) is 5.02. The Morgan fingerprint density at radius 3 is 3.05 bits per heavy atom. The van der Waals surface area contributed by atoms with E-state index in [4.69, 9.17) is 14.6 Å². The van der Waals surface area contributed by atoms with Crippen molar-refractivity contribution >= 4 is 12.0 Å². The number of hydrogen-bond donors (Lipinski definition) is 1. The van der Waals surface area contributed by atoms with Gasteiger partial charge in [-0.1, -0.05) is 6.07 Å². The number of halogens is 1. The summed E-state index contributed by atoms with van der Waals surface area (Å²) >= 11 is 0. The third-order valence-electron chi connectivity index (χ3n) is 3.35. The quantitative estimate of drug-likeness (QED) is 0.819. The first-order valence-corrected chi connectivity index (χ1v) is 7.04. The molecule has 1 N–H and O–H groups in total. The fraction of sp³-hybridized carbons (Fsp3) is 0.438. The van der Waals surface area contributed by atoms with Crippen LogP contribution < -0.4 is 0 Å². The van der Waals surface area contributed by atoms with E-state index in [9.17, 15) is 9.18 Å². The number of carboxylic acid groups (broad SMARTS) is 1. The van der Waals surface area contributed by atoms with Crippen LogP contribution in [0, 0.1) is 5.82 Å². The molecule has 21 heavy (non-hydrogen) atoms. The predicted molar refractivity (Wildman–Crippen MR) is 76.3 cm³/mol. The highest BCUT2D eigenvalue weighted by Gasteiger charge is 2.14. The minimum atomic E-state index is -1.07. The molecule has 0 bridgehead atoms. The number of rotatable bonds is 6. The molecule has 4 nitrogen and oxygen atoms in total. The summed E-state index contributed by atoms with van der Waals surface area (Å²) in [6.45, 7) is 1.58. The van der Waals surface area contributed by atoms with E-state index in [1.807, 2.05) is 0 Å². The molecule has 1 aliphatic heterocycles. The van der Waals surface area contributed by atoms with Crippen molar-refractivity contribution in [2.24, 2.45) is 0 Å². The summed E-state index contributed by atoms with van der Waals surface area (Å²) in [5.41, 5.74) is 1.27. The Hall–Kier alpha value is -1.72. The fourth-order valence-electron chi connectivity index (χ4n) is 2.25. The summed E-state index contributed by atoms with van der Waals surface area (Å²) in [5.74, 6) is -1.47. The largest absolute Gasteiger partial charge is 0.478 e. The summed E-state index contributed by atoms with van der Waals surface area (Å²) in [6, 6.07) is 4.25. The van der Waals surface area contributed by atoms with E-state index in [1.54, 1.807) is 6.07 Å². The van der Waals surface area contributed by atoms with Crippen LogP contribution >= 0.6 is 0 Å². The Morgan fingerprint density at radius 2 is 2.33 bits per heavy atom. The van der Waals surface area contributed by atoms with E-state index in [0.29, 0.717) is 18.8 Å². The van der Waals surface area contributed by atoms with Crippen LogP contribution in [-0.2, 0) is 20.9 Å². The van der Waals surface area contributed by atoms with E-state index < -0.39 is 11.8 Å². The molecule has 1 heterocycles. The van der Waals surface area contributed by atoms with E-state index in [2.05, 4.69) is 0 Å². The van der Waals surface area contributed by atoms with Crippen molar-refractivity contribution in [2.45, 2.75) is 32.0 Å². The lowest BCUT2D eigenvalue weighted by atomic mass is 10.1.